The molecular weight excluding hydrogens is 450 g/mol. The number of halogens is 1. The summed E-state index contributed by atoms with van der Waals surface area (Å²) in [5.74, 6) is 1.42. The number of piperazine rings is 1. The van der Waals surface area contributed by atoms with Crippen LogP contribution in [0.15, 0.2) is 52.3 Å². The van der Waals surface area contributed by atoms with Crippen LogP contribution in [0.5, 0.6) is 11.5 Å². The maximum Gasteiger partial charge on any atom is 0.317 e. The number of nitrogens with zero attached hydrogens (tertiary/aromatic N) is 2. The normalized spacial score (nSPS) is 15.7. The molecule has 1 fully saturated rings. The van der Waals surface area contributed by atoms with Gasteiger partial charge in [0.1, 0.15) is 13.2 Å². The molecule has 0 saturated carbocycles. The Balaban J connectivity index is 1.35. The van der Waals surface area contributed by atoms with E-state index >= 15 is 0 Å². The maximum atomic E-state index is 12.5. The maximum absolute atomic E-state index is 12.5. The number of carbonyl (C=O) groups is 2. The minimum absolute atomic E-state index is 0.0765. The molecule has 9 heteroatoms. The van der Waals surface area contributed by atoms with E-state index in [4.69, 9.17) is 21.1 Å². The first-order valence-electron chi connectivity index (χ1n) is 10.3. The van der Waals surface area contributed by atoms with Crippen LogP contribution < -0.4 is 14.8 Å². The third-order valence-electron chi connectivity index (χ3n) is 5.21. The SMILES string of the molecule is CNC(=O)N1CCN(C(=O)/C=C/c2ccc(Sc3ccc4c(c3)OCCO4)c(Cl)c2)CC1. The molecule has 2 aromatic carbocycles. The van der Waals surface area contributed by atoms with Crippen molar-refractivity contribution >= 4 is 41.4 Å². The van der Waals surface area contributed by atoms with Crippen LogP contribution in [0.4, 0.5) is 4.79 Å². The molecule has 0 atom stereocenters. The van der Waals surface area contributed by atoms with Gasteiger partial charge in [-0.05, 0) is 42.0 Å². The number of fused-ring (bicyclic) bond motifs is 1. The van der Waals surface area contributed by atoms with E-state index in [1.54, 1.807) is 40.8 Å². The topological polar surface area (TPSA) is 71.1 Å². The van der Waals surface area contributed by atoms with Gasteiger partial charge in [-0.3, -0.25) is 4.79 Å². The molecule has 4 rings (SSSR count). The van der Waals surface area contributed by atoms with Crippen LogP contribution in [-0.4, -0.2) is 68.2 Å². The van der Waals surface area contributed by atoms with E-state index in [1.807, 2.05) is 36.4 Å². The Labute approximate surface area is 196 Å². The summed E-state index contributed by atoms with van der Waals surface area (Å²) in [6.45, 7) is 3.19. The molecule has 0 unspecified atom stereocenters. The van der Waals surface area contributed by atoms with Crippen molar-refractivity contribution in [2.75, 3.05) is 46.4 Å². The molecule has 3 amide bonds. The van der Waals surface area contributed by atoms with Gasteiger partial charge in [-0.1, -0.05) is 29.4 Å². The molecule has 1 N–H and O–H groups in total. The fourth-order valence-corrected chi connectivity index (χ4v) is 4.63. The highest BCUT2D eigenvalue weighted by atomic mass is 35.5. The average Bonchev–Trinajstić information content (AvgIpc) is 2.83. The minimum Gasteiger partial charge on any atom is -0.486 e. The Bertz CT molecular complexity index is 1040. The summed E-state index contributed by atoms with van der Waals surface area (Å²) in [7, 11) is 1.60. The number of urea groups is 1. The number of nitrogens with one attached hydrogen (secondary N) is 1. The van der Waals surface area contributed by atoms with Crippen LogP contribution in [0.3, 0.4) is 0 Å². The van der Waals surface area contributed by atoms with Crippen molar-refractivity contribution in [3.8, 4) is 11.5 Å². The molecule has 2 aromatic rings. The third-order valence-corrected chi connectivity index (χ3v) is 6.70. The number of carbonyl (C=O) groups excluding carboxylic acids is 2. The van der Waals surface area contributed by atoms with Crippen LogP contribution in [0, 0.1) is 0 Å². The van der Waals surface area contributed by atoms with Gasteiger partial charge in [-0.15, -0.1) is 0 Å². The number of ether oxygens (including phenoxy) is 2. The van der Waals surface area contributed by atoms with Crippen molar-refractivity contribution < 1.29 is 19.1 Å². The average molecular weight is 474 g/mol. The Kier molecular flexibility index (Phi) is 7.12. The van der Waals surface area contributed by atoms with Gasteiger partial charge in [0.15, 0.2) is 11.5 Å². The molecule has 2 heterocycles. The summed E-state index contributed by atoms with van der Waals surface area (Å²) in [6, 6.07) is 11.4. The largest absolute Gasteiger partial charge is 0.486 e. The van der Waals surface area contributed by atoms with Gasteiger partial charge in [-0.25, -0.2) is 4.79 Å². The Morgan fingerprint density at radius 1 is 1.00 bits per heavy atom. The lowest BCUT2D eigenvalue weighted by atomic mass is 10.2. The Morgan fingerprint density at radius 3 is 2.44 bits per heavy atom. The lowest BCUT2D eigenvalue weighted by Gasteiger charge is -2.33. The number of rotatable bonds is 4. The van der Waals surface area contributed by atoms with Gasteiger partial charge in [-0.2, -0.15) is 0 Å². The lowest BCUT2D eigenvalue weighted by molar-refractivity contribution is -0.127. The van der Waals surface area contributed by atoms with E-state index in [0.29, 0.717) is 44.4 Å². The molecule has 0 aromatic heterocycles. The zero-order chi connectivity index (χ0) is 22.5. The zero-order valence-electron chi connectivity index (χ0n) is 17.7. The smallest absolute Gasteiger partial charge is 0.317 e. The van der Waals surface area contributed by atoms with Crippen LogP contribution >= 0.6 is 23.4 Å². The fourth-order valence-electron chi connectivity index (χ4n) is 3.48. The van der Waals surface area contributed by atoms with Gasteiger partial charge in [0, 0.05) is 49.1 Å². The van der Waals surface area contributed by atoms with E-state index in [0.717, 1.165) is 26.9 Å². The lowest BCUT2D eigenvalue weighted by Crippen LogP contribution is -2.52. The minimum atomic E-state index is -0.114. The molecule has 7 nitrogen and oxygen atoms in total. The van der Waals surface area contributed by atoms with Gasteiger partial charge >= 0.3 is 6.03 Å². The van der Waals surface area contributed by atoms with Crippen molar-refractivity contribution in [3.63, 3.8) is 0 Å². The quantitative estimate of drug-likeness (QED) is 0.684. The monoisotopic (exact) mass is 473 g/mol. The van der Waals surface area contributed by atoms with Gasteiger partial charge in [0.2, 0.25) is 5.91 Å². The predicted molar refractivity (Wildman–Crippen MR) is 125 cm³/mol. The fraction of sp³-hybridized carbons (Fsp3) is 0.304. The van der Waals surface area contributed by atoms with Crippen LogP contribution in [-0.2, 0) is 4.79 Å². The molecule has 2 aliphatic rings. The molecule has 1 saturated heterocycles. The van der Waals surface area contributed by atoms with E-state index in [9.17, 15) is 9.59 Å². The first kappa shape index (κ1) is 22.4. The molecule has 0 radical (unpaired) electrons. The van der Waals surface area contributed by atoms with Gasteiger partial charge in [0.25, 0.3) is 0 Å². The second-order valence-corrected chi connectivity index (χ2v) is 8.82. The highest BCUT2D eigenvalue weighted by Crippen LogP contribution is 2.39. The van der Waals surface area contributed by atoms with Crippen molar-refractivity contribution in [2.45, 2.75) is 9.79 Å². The summed E-state index contributed by atoms with van der Waals surface area (Å²) < 4.78 is 11.2. The Hall–Kier alpha value is -2.84. The van der Waals surface area contributed by atoms with Crippen LogP contribution in [0.25, 0.3) is 6.08 Å². The van der Waals surface area contributed by atoms with E-state index < -0.39 is 0 Å². The third kappa shape index (κ3) is 5.31. The van der Waals surface area contributed by atoms with E-state index in [2.05, 4.69) is 5.32 Å². The first-order chi connectivity index (χ1) is 15.5. The standard InChI is InChI=1S/C23H24ClN3O4S/c1-25-23(29)27-10-8-26(9-11-27)22(28)7-3-16-2-6-21(18(24)14-16)32-17-4-5-19-20(15-17)31-13-12-30-19/h2-7,14-15H,8-13H2,1H3,(H,25,29)/b7-3+. The summed E-state index contributed by atoms with van der Waals surface area (Å²) in [4.78, 5) is 29.5. The highest BCUT2D eigenvalue weighted by Gasteiger charge is 2.22. The number of benzene rings is 2. The highest BCUT2D eigenvalue weighted by molar-refractivity contribution is 7.99. The van der Waals surface area contributed by atoms with E-state index in [1.165, 1.54) is 0 Å². The number of hydrogen-bond donors (Lipinski definition) is 1. The first-order valence-corrected chi connectivity index (χ1v) is 11.5. The molecule has 0 bridgehead atoms. The van der Waals surface area contributed by atoms with Crippen LogP contribution in [0.1, 0.15) is 5.56 Å². The summed E-state index contributed by atoms with van der Waals surface area (Å²) >= 11 is 8.04. The van der Waals surface area contributed by atoms with Crippen molar-refractivity contribution in [1.82, 2.24) is 15.1 Å². The van der Waals surface area contributed by atoms with E-state index in [-0.39, 0.29) is 11.9 Å². The summed E-state index contributed by atoms with van der Waals surface area (Å²) in [6.07, 6.45) is 3.31. The molecule has 168 valence electrons. The number of amides is 3. The van der Waals surface area contributed by atoms with Gasteiger partial charge < -0.3 is 24.6 Å². The van der Waals surface area contributed by atoms with Crippen LogP contribution in [0.2, 0.25) is 5.02 Å². The molecule has 32 heavy (non-hydrogen) atoms. The van der Waals surface area contributed by atoms with Crippen molar-refractivity contribution in [2.24, 2.45) is 0 Å². The second-order valence-electron chi connectivity index (χ2n) is 7.30. The number of hydrogen-bond acceptors (Lipinski definition) is 5. The van der Waals surface area contributed by atoms with Crippen molar-refractivity contribution in [1.29, 1.82) is 0 Å². The zero-order valence-corrected chi connectivity index (χ0v) is 19.2. The predicted octanol–water partition coefficient (Wildman–Crippen LogP) is 3.76. The summed E-state index contributed by atoms with van der Waals surface area (Å²) in [5, 5.41) is 3.22. The molecule has 2 aliphatic heterocycles. The van der Waals surface area contributed by atoms with Crippen molar-refractivity contribution in [3.05, 3.63) is 53.1 Å². The molecular formula is C23H24ClN3O4S. The second kappa shape index (κ2) is 10.2. The summed E-state index contributed by atoms with van der Waals surface area (Å²) in [5.41, 5.74) is 0.846. The molecule has 0 spiro atoms. The van der Waals surface area contributed by atoms with Gasteiger partial charge in [0.05, 0.1) is 5.02 Å². The Morgan fingerprint density at radius 2 is 1.72 bits per heavy atom. The molecule has 0 aliphatic carbocycles.